The first-order chi connectivity index (χ1) is 10.7. The molecule has 0 aliphatic rings. The van der Waals surface area contributed by atoms with Crippen molar-refractivity contribution in [1.82, 2.24) is 0 Å². The van der Waals surface area contributed by atoms with Crippen molar-refractivity contribution in [2.24, 2.45) is 0 Å². The summed E-state index contributed by atoms with van der Waals surface area (Å²) in [6.07, 6.45) is 3.34. The minimum atomic E-state index is 0.315. The summed E-state index contributed by atoms with van der Waals surface area (Å²) in [4.78, 5) is 0. The molecular formula is C18H13Cl2NO. The standard InChI is InChI=1S/C18H13Cl2NO/c1-2-8-22-18-14(10-16(19)11-17(18)20)9-15(12-21)13-6-4-3-5-7-13/h2-7,9-11H,1,8H2/b15-9+. The van der Waals surface area contributed by atoms with E-state index < -0.39 is 0 Å². The molecule has 0 atom stereocenters. The maximum absolute atomic E-state index is 9.41. The molecule has 0 amide bonds. The summed E-state index contributed by atoms with van der Waals surface area (Å²) in [5.74, 6) is 0.481. The molecule has 0 unspecified atom stereocenters. The van der Waals surface area contributed by atoms with Crippen LogP contribution >= 0.6 is 23.2 Å². The van der Waals surface area contributed by atoms with E-state index in [2.05, 4.69) is 12.6 Å². The molecule has 0 fully saturated rings. The maximum atomic E-state index is 9.41. The fourth-order valence-electron chi connectivity index (χ4n) is 1.94. The van der Waals surface area contributed by atoms with Crippen molar-refractivity contribution in [3.8, 4) is 11.8 Å². The van der Waals surface area contributed by atoms with E-state index in [0.29, 0.717) is 33.5 Å². The lowest BCUT2D eigenvalue weighted by Gasteiger charge is -2.11. The second kappa shape index (κ2) is 7.70. The van der Waals surface area contributed by atoms with Gasteiger partial charge in [-0.2, -0.15) is 5.26 Å². The second-order valence-electron chi connectivity index (χ2n) is 4.44. The summed E-state index contributed by atoms with van der Waals surface area (Å²) < 4.78 is 5.59. The molecule has 22 heavy (non-hydrogen) atoms. The highest BCUT2D eigenvalue weighted by atomic mass is 35.5. The molecule has 2 rings (SSSR count). The van der Waals surface area contributed by atoms with Crippen LogP contribution in [0, 0.1) is 11.3 Å². The Balaban J connectivity index is 2.53. The van der Waals surface area contributed by atoms with Crippen molar-refractivity contribution in [1.29, 1.82) is 5.26 Å². The number of nitriles is 1. The van der Waals surface area contributed by atoms with Gasteiger partial charge in [-0.3, -0.25) is 0 Å². The lowest BCUT2D eigenvalue weighted by molar-refractivity contribution is 0.362. The van der Waals surface area contributed by atoms with Gasteiger partial charge in [-0.25, -0.2) is 0 Å². The normalized spacial score (nSPS) is 10.9. The predicted molar refractivity (Wildman–Crippen MR) is 92.1 cm³/mol. The van der Waals surface area contributed by atoms with Gasteiger partial charge in [-0.05, 0) is 23.8 Å². The Bertz CT molecular complexity index is 746. The molecule has 0 saturated heterocycles. The van der Waals surface area contributed by atoms with Gasteiger partial charge in [0.25, 0.3) is 0 Å². The van der Waals surface area contributed by atoms with E-state index in [-0.39, 0.29) is 0 Å². The maximum Gasteiger partial charge on any atom is 0.145 e. The molecule has 110 valence electrons. The quantitative estimate of drug-likeness (QED) is 0.405. The van der Waals surface area contributed by atoms with Crippen LogP contribution < -0.4 is 4.74 Å². The molecule has 0 spiro atoms. The van der Waals surface area contributed by atoms with Crippen LogP contribution in [-0.4, -0.2) is 6.61 Å². The molecule has 0 aliphatic heterocycles. The van der Waals surface area contributed by atoms with E-state index >= 15 is 0 Å². The molecule has 0 aromatic heterocycles. The fraction of sp³-hybridized carbons (Fsp3) is 0.0556. The van der Waals surface area contributed by atoms with E-state index in [1.165, 1.54) is 0 Å². The van der Waals surface area contributed by atoms with E-state index in [0.717, 1.165) is 5.56 Å². The van der Waals surface area contributed by atoms with Gasteiger partial charge in [0.2, 0.25) is 0 Å². The molecular weight excluding hydrogens is 317 g/mol. The molecule has 2 aromatic rings. The van der Waals surface area contributed by atoms with Crippen LogP contribution in [0.15, 0.2) is 55.1 Å². The minimum absolute atomic E-state index is 0.315. The molecule has 4 heteroatoms. The lowest BCUT2D eigenvalue weighted by Crippen LogP contribution is -1.96. The number of allylic oxidation sites excluding steroid dienone is 1. The van der Waals surface area contributed by atoms with Crippen molar-refractivity contribution in [3.05, 3.63) is 76.3 Å². The van der Waals surface area contributed by atoms with E-state index in [1.54, 1.807) is 24.3 Å². The molecule has 2 nitrogen and oxygen atoms in total. The molecule has 0 heterocycles. The molecule has 2 aromatic carbocycles. The Morgan fingerprint density at radius 1 is 1.23 bits per heavy atom. The summed E-state index contributed by atoms with van der Waals surface area (Å²) >= 11 is 12.2. The van der Waals surface area contributed by atoms with E-state index in [1.807, 2.05) is 30.3 Å². The highest BCUT2D eigenvalue weighted by Crippen LogP contribution is 2.34. The third kappa shape index (κ3) is 3.92. The molecule has 0 saturated carbocycles. The zero-order valence-corrected chi connectivity index (χ0v) is 13.2. The number of rotatable bonds is 5. The molecule has 0 bridgehead atoms. The van der Waals surface area contributed by atoms with Crippen molar-refractivity contribution in [2.45, 2.75) is 0 Å². The number of hydrogen-bond donors (Lipinski definition) is 0. The van der Waals surface area contributed by atoms with Gasteiger partial charge in [-0.1, -0.05) is 66.2 Å². The molecule has 0 radical (unpaired) electrons. The SMILES string of the molecule is C=CCOc1c(Cl)cc(Cl)cc1/C=C(\C#N)c1ccccc1. The first-order valence-corrected chi connectivity index (χ1v) is 7.31. The largest absolute Gasteiger partial charge is 0.487 e. The van der Waals surface area contributed by atoms with Gasteiger partial charge >= 0.3 is 0 Å². The Hall–Kier alpha value is -2.21. The zero-order valence-electron chi connectivity index (χ0n) is 11.7. The van der Waals surface area contributed by atoms with Crippen LogP contribution in [0.5, 0.6) is 5.75 Å². The van der Waals surface area contributed by atoms with Gasteiger partial charge < -0.3 is 4.74 Å². The summed E-state index contributed by atoms with van der Waals surface area (Å²) in [6, 6.07) is 14.9. The van der Waals surface area contributed by atoms with Crippen molar-refractivity contribution in [3.63, 3.8) is 0 Å². The first-order valence-electron chi connectivity index (χ1n) is 6.55. The number of ether oxygens (including phenoxy) is 1. The van der Waals surface area contributed by atoms with Crippen LogP contribution in [-0.2, 0) is 0 Å². The van der Waals surface area contributed by atoms with Gasteiger partial charge in [0, 0.05) is 10.6 Å². The predicted octanol–water partition coefficient (Wildman–Crippen LogP) is 5.62. The van der Waals surface area contributed by atoms with Crippen LogP contribution in [0.25, 0.3) is 11.6 Å². The third-order valence-corrected chi connectivity index (χ3v) is 3.39. The minimum Gasteiger partial charge on any atom is -0.487 e. The van der Waals surface area contributed by atoms with E-state index in [4.69, 9.17) is 27.9 Å². The summed E-state index contributed by atoms with van der Waals surface area (Å²) in [6.45, 7) is 3.93. The smallest absolute Gasteiger partial charge is 0.145 e. The Morgan fingerprint density at radius 3 is 2.59 bits per heavy atom. The highest BCUT2D eigenvalue weighted by molar-refractivity contribution is 6.36. The summed E-state index contributed by atoms with van der Waals surface area (Å²) in [7, 11) is 0. The van der Waals surface area contributed by atoms with Crippen LogP contribution in [0.2, 0.25) is 10.0 Å². The number of benzene rings is 2. The molecule has 0 N–H and O–H groups in total. The lowest BCUT2D eigenvalue weighted by atomic mass is 10.0. The van der Waals surface area contributed by atoms with Crippen LogP contribution in [0.3, 0.4) is 0 Å². The zero-order chi connectivity index (χ0) is 15.9. The Kier molecular flexibility index (Phi) is 5.66. The van der Waals surface area contributed by atoms with Crippen molar-refractivity contribution in [2.75, 3.05) is 6.61 Å². The summed E-state index contributed by atoms with van der Waals surface area (Å²) in [5.41, 5.74) is 1.97. The van der Waals surface area contributed by atoms with Gasteiger partial charge in [0.1, 0.15) is 12.4 Å². The average Bonchev–Trinajstić information content (AvgIpc) is 2.52. The summed E-state index contributed by atoms with van der Waals surface area (Å²) in [5, 5.41) is 10.3. The first kappa shape index (κ1) is 16.2. The van der Waals surface area contributed by atoms with E-state index in [9.17, 15) is 5.26 Å². The number of halogens is 2. The topological polar surface area (TPSA) is 33.0 Å². The fourth-order valence-corrected chi connectivity index (χ4v) is 2.50. The average molecular weight is 330 g/mol. The van der Waals surface area contributed by atoms with Gasteiger partial charge in [0.15, 0.2) is 0 Å². The van der Waals surface area contributed by atoms with Crippen molar-refractivity contribution < 1.29 is 4.74 Å². The van der Waals surface area contributed by atoms with Crippen LogP contribution in [0.1, 0.15) is 11.1 Å². The Labute approximate surface area is 139 Å². The highest BCUT2D eigenvalue weighted by Gasteiger charge is 2.11. The third-order valence-electron chi connectivity index (χ3n) is 2.89. The monoisotopic (exact) mass is 329 g/mol. The Morgan fingerprint density at radius 2 is 1.95 bits per heavy atom. The number of hydrogen-bond acceptors (Lipinski definition) is 2. The number of nitrogens with zero attached hydrogens (tertiary/aromatic N) is 1. The molecule has 0 aliphatic carbocycles. The van der Waals surface area contributed by atoms with Gasteiger partial charge in [0.05, 0.1) is 16.7 Å². The van der Waals surface area contributed by atoms with Gasteiger partial charge in [-0.15, -0.1) is 0 Å². The second-order valence-corrected chi connectivity index (χ2v) is 5.29. The van der Waals surface area contributed by atoms with Crippen molar-refractivity contribution >= 4 is 34.9 Å². The van der Waals surface area contributed by atoms with Crippen LogP contribution in [0.4, 0.5) is 0 Å².